The monoisotopic (exact) mass is 399 g/mol. The average molecular weight is 399 g/mol. The van der Waals surface area contributed by atoms with Gasteiger partial charge in [0.2, 0.25) is 5.95 Å². The first-order chi connectivity index (χ1) is 13.9. The van der Waals surface area contributed by atoms with E-state index >= 15 is 0 Å². The highest BCUT2D eigenvalue weighted by atomic mass is 19.3. The van der Waals surface area contributed by atoms with Crippen molar-refractivity contribution in [1.82, 2.24) is 34.1 Å². The second-order valence-electron chi connectivity index (χ2n) is 7.08. The lowest BCUT2D eigenvalue weighted by Crippen LogP contribution is -2.38. The minimum Gasteiger partial charge on any atom is -0.382 e. The Kier molecular flexibility index (Phi) is 3.88. The van der Waals surface area contributed by atoms with E-state index in [0.29, 0.717) is 17.8 Å². The summed E-state index contributed by atoms with van der Waals surface area (Å²) in [6.07, 6.45) is 5.12. The molecule has 4 aromatic rings. The Hall–Kier alpha value is -3.34. The van der Waals surface area contributed by atoms with Crippen LogP contribution in [-0.4, -0.2) is 65.7 Å². The minimum atomic E-state index is -2.87. The van der Waals surface area contributed by atoms with Gasteiger partial charge in [-0.15, -0.1) is 5.10 Å². The number of likely N-dealkylation sites (N-methyl/N-ethyl adjacent to an activating group) is 1. The molecular formula is C18H19F2N9. The van der Waals surface area contributed by atoms with Gasteiger partial charge in [-0.05, 0) is 24.7 Å². The number of halogens is 2. The first-order valence-electron chi connectivity index (χ1n) is 9.27. The van der Waals surface area contributed by atoms with Crippen molar-refractivity contribution in [1.29, 1.82) is 0 Å². The lowest BCUT2D eigenvalue weighted by Gasteiger charge is -2.19. The predicted molar refractivity (Wildman–Crippen MR) is 104 cm³/mol. The Labute approximate surface area is 164 Å². The van der Waals surface area contributed by atoms with Crippen LogP contribution in [0.3, 0.4) is 0 Å². The number of nitrogens with zero attached hydrogens (tertiary/aromatic N) is 7. The quantitative estimate of drug-likeness (QED) is 0.539. The van der Waals surface area contributed by atoms with Crippen molar-refractivity contribution in [2.75, 3.05) is 30.7 Å². The predicted octanol–water partition coefficient (Wildman–Crippen LogP) is 1.77. The van der Waals surface area contributed by atoms with Crippen molar-refractivity contribution in [3.05, 3.63) is 36.8 Å². The third-order valence-corrected chi connectivity index (χ3v) is 5.20. The van der Waals surface area contributed by atoms with Crippen LogP contribution in [0.15, 0.2) is 36.8 Å². The summed E-state index contributed by atoms with van der Waals surface area (Å²) in [7, 11) is 0. The van der Waals surface area contributed by atoms with Crippen LogP contribution in [0, 0.1) is 0 Å². The van der Waals surface area contributed by atoms with Crippen LogP contribution in [0.25, 0.3) is 22.4 Å². The van der Waals surface area contributed by atoms with E-state index in [2.05, 4.69) is 25.5 Å². The fourth-order valence-electron chi connectivity index (χ4n) is 3.69. The Morgan fingerprint density at radius 2 is 2.07 bits per heavy atom. The molecule has 0 radical (unpaired) electrons. The summed E-state index contributed by atoms with van der Waals surface area (Å²) in [5, 5.41) is 11.6. The second-order valence-corrected chi connectivity index (χ2v) is 7.08. The molecule has 11 heteroatoms. The number of nitrogen functional groups attached to an aromatic ring is 1. The molecule has 5 rings (SSSR count). The van der Waals surface area contributed by atoms with E-state index in [-0.39, 0.29) is 24.9 Å². The SMILES string of the molecule is CCN1C[C@@H](Nc2nc(N)c3c(-c4ccc5nccn5n4)ccn3n2)C(F)(F)C1. The molecule has 9 nitrogen and oxygen atoms in total. The standard InChI is InChI=1S/C18H19F2N9/c1-2-27-9-13(18(19,20)10-27)23-17-24-16(21)15-11(5-7-29(15)26-17)12-3-4-14-22-6-8-28(14)25-12/h3-8,13H,2,9-10H2,1H3,(H3,21,23,24,26)/t13-/m1/s1. The molecule has 150 valence electrons. The Bertz CT molecular complexity index is 1200. The summed E-state index contributed by atoms with van der Waals surface area (Å²) < 4.78 is 31.7. The van der Waals surface area contributed by atoms with E-state index < -0.39 is 12.0 Å². The smallest absolute Gasteiger partial charge is 0.281 e. The van der Waals surface area contributed by atoms with E-state index in [1.807, 2.05) is 25.1 Å². The number of hydrogen-bond acceptors (Lipinski definition) is 7. The Balaban J connectivity index is 1.50. The maximum atomic E-state index is 14.3. The molecule has 1 fully saturated rings. The maximum absolute atomic E-state index is 14.3. The molecule has 1 saturated heterocycles. The summed E-state index contributed by atoms with van der Waals surface area (Å²) >= 11 is 0. The van der Waals surface area contributed by atoms with Gasteiger partial charge in [-0.2, -0.15) is 10.1 Å². The van der Waals surface area contributed by atoms with Crippen LogP contribution in [0.1, 0.15) is 6.92 Å². The molecule has 1 atom stereocenters. The van der Waals surface area contributed by atoms with Crippen LogP contribution in [0.2, 0.25) is 0 Å². The number of imidazole rings is 1. The van der Waals surface area contributed by atoms with Crippen molar-refractivity contribution in [3.63, 3.8) is 0 Å². The Morgan fingerprint density at radius 1 is 1.21 bits per heavy atom. The highest BCUT2D eigenvalue weighted by molar-refractivity contribution is 5.86. The molecule has 0 aromatic carbocycles. The molecule has 1 aliphatic heterocycles. The number of hydrogen-bond donors (Lipinski definition) is 2. The summed E-state index contributed by atoms with van der Waals surface area (Å²) in [5.41, 5.74) is 8.88. The summed E-state index contributed by atoms with van der Waals surface area (Å²) in [6.45, 7) is 2.35. The number of aromatic nitrogens is 6. The van der Waals surface area contributed by atoms with Crippen molar-refractivity contribution < 1.29 is 8.78 Å². The van der Waals surface area contributed by atoms with Crippen LogP contribution in [-0.2, 0) is 0 Å². The fourth-order valence-corrected chi connectivity index (χ4v) is 3.69. The topological polar surface area (TPSA) is 102 Å². The summed E-state index contributed by atoms with van der Waals surface area (Å²) in [4.78, 5) is 10.1. The lowest BCUT2D eigenvalue weighted by molar-refractivity contribution is 0.00429. The third kappa shape index (κ3) is 2.94. The van der Waals surface area contributed by atoms with Gasteiger partial charge in [0, 0.05) is 30.7 Å². The van der Waals surface area contributed by atoms with Crippen LogP contribution in [0.5, 0.6) is 0 Å². The molecule has 0 bridgehead atoms. The second kappa shape index (κ2) is 6.34. The highest BCUT2D eigenvalue weighted by Gasteiger charge is 2.48. The zero-order valence-corrected chi connectivity index (χ0v) is 15.6. The summed E-state index contributed by atoms with van der Waals surface area (Å²) in [6, 6.07) is 4.43. The van der Waals surface area contributed by atoms with Crippen LogP contribution >= 0.6 is 0 Å². The minimum absolute atomic E-state index is 0.0674. The van der Waals surface area contributed by atoms with E-state index in [4.69, 9.17) is 5.73 Å². The molecule has 0 spiro atoms. The molecule has 4 aromatic heterocycles. The van der Waals surface area contributed by atoms with Crippen molar-refractivity contribution >= 4 is 22.9 Å². The normalized spacial score (nSPS) is 19.3. The Morgan fingerprint density at radius 3 is 2.86 bits per heavy atom. The van der Waals surface area contributed by atoms with Gasteiger partial charge in [-0.25, -0.2) is 22.8 Å². The number of fused-ring (bicyclic) bond motifs is 2. The van der Waals surface area contributed by atoms with Crippen molar-refractivity contribution in [3.8, 4) is 11.3 Å². The van der Waals surface area contributed by atoms with E-state index in [1.54, 1.807) is 28.0 Å². The van der Waals surface area contributed by atoms with Gasteiger partial charge in [0.15, 0.2) is 11.5 Å². The molecule has 0 saturated carbocycles. The van der Waals surface area contributed by atoms with Gasteiger partial charge in [-0.1, -0.05) is 6.92 Å². The molecule has 0 unspecified atom stereocenters. The van der Waals surface area contributed by atoms with Gasteiger partial charge in [0.1, 0.15) is 11.6 Å². The number of alkyl halides is 2. The van der Waals surface area contributed by atoms with Gasteiger partial charge >= 0.3 is 0 Å². The van der Waals surface area contributed by atoms with Crippen molar-refractivity contribution in [2.45, 2.75) is 18.9 Å². The first-order valence-corrected chi connectivity index (χ1v) is 9.27. The molecule has 0 aliphatic carbocycles. The summed E-state index contributed by atoms with van der Waals surface area (Å²) in [5.74, 6) is -2.61. The van der Waals surface area contributed by atoms with E-state index in [0.717, 1.165) is 11.2 Å². The van der Waals surface area contributed by atoms with Gasteiger partial charge in [-0.3, -0.25) is 4.90 Å². The molecule has 0 amide bonds. The molecule has 5 heterocycles. The van der Waals surface area contributed by atoms with Gasteiger partial charge < -0.3 is 11.1 Å². The zero-order valence-electron chi connectivity index (χ0n) is 15.6. The molecular weight excluding hydrogens is 380 g/mol. The number of rotatable bonds is 4. The number of likely N-dealkylation sites (tertiary alicyclic amines) is 1. The lowest BCUT2D eigenvalue weighted by atomic mass is 10.2. The first kappa shape index (κ1) is 17.7. The van der Waals surface area contributed by atoms with Crippen LogP contribution in [0.4, 0.5) is 20.5 Å². The fraction of sp³-hybridized carbons (Fsp3) is 0.333. The van der Waals surface area contributed by atoms with Gasteiger partial charge in [0.05, 0.1) is 12.2 Å². The molecule has 29 heavy (non-hydrogen) atoms. The third-order valence-electron chi connectivity index (χ3n) is 5.20. The number of nitrogens with two attached hydrogens (primary N) is 1. The number of nitrogens with one attached hydrogen (secondary N) is 1. The van der Waals surface area contributed by atoms with Crippen LogP contribution < -0.4 is 11.1 Å². The van der Waals surface area contributed by atoms with Gasteiger partial charge in [0.25, 0.3) is 5.92 Å². The van der Waals surface area contributed by atoms with E-state index in [9.17, 15) is 8.78 Å². The largest absolute Gasteiger partial charge is 0.382 e. The molecule has 1 aliphatic rings. The highest BCUT2D eigenvalue weighted by Crippen LogP contribution is 2.31. The van der Waals surface area contributed by atoms with Crippen molar-refractivity contribution in [2.24, 2.45) is 0 Å². The average Bonchev–Trinajstić information content (AvgIpc) is 3.38. The zero-order chi connectivity index (χ0) is 20.2. The maximum Gasteiger partial charge on any atom is 0.281 e. The van der Waals surface area contributed by atoms with E-state index in [1.165, 1.54) is 4.52 Å². The number of anilines is 2. The molecule has 3 N–H and O–H groups in total.